The molecule has 0 amide bonds. The number of Topliss-reactive ketones (excluding diaryl/α,β-unsaturated/α-hetero) is 2. The molecule has 5 aromatic heterocycles. The summed E-state index contributed by atoms with van der Waals surface area (Å²) in [6.07, 6.45) is 8.82. The van der Waals surface area contributed by atoms with Crippen LogP contribution in [0.5, 0.6) is 0 Å². The molecule has 1 atom stereocenters. The molecular weight excluding hydrogens is 1010 g/mol. The Bertz CT molecular complexity index is 2380. The van der Waals surface area contributed by atoms with Gasteiger partial charge in [-0.3, -0.25) is 4.79 Å². The Morgan fingerprint density at radius 2 is 0.962 bits per heavy atom. The van der Waals surface area contributed by atoms with Crippen molar-refractivity contribution in [2.24, 2.45) is 5.92 Å². The average Bonchev–Trinajstić information content (AvgIpc) is 4.38. The molecule has 6 aromatic rings. The zero-order valence-corrected chi connectivity index (χ0v) is 49.9. The molecule has 0 bridgehead atoms. The van der Waals surface area contributed by atoms with Crippen LogP contribution < -0.4 is 26.6 Å². The molecular formula is C57H93N15O7. The Kier molecular flexibility index (Phi) is 29.0. The van der Waals surface area contributed by atoms with Gasteiger partial charge in [0.25, 0.3) is 0 Å². The highest BCUT2D eigenvalue weighted by molar-refractivity contribution is 5.82. The van der Waals surface area contributed by atoms with E-state index in [2.05, 4.69) is 147 Å². The van der Waals surface area contributed by atoms with Crippen LogP contribution in [0.3, 0.4) is 0 Å². The summed E-state index contributed by atoms with van der Waals surface area (Å²) in [5, 5.41) is 39.3. The van der Waals surface area contributed by atoms with Crippen LogP contribution >= 0.6 is 0 Å². The number of benzene rings is 1. The summed E-state index contributed by atoms with van der Waals surface area (Å²) >= 11 is 0. The maximum atomic E-state index is 11.9. The summed E-state index contributed by atoms with van der Waals surface area (Å²) in [4.78, 5) is 39.9. The van der Waals surface area contributed by atoms with Gasteiger partial charge in [-0.2, -0.15) is 19.9 Å². The second kappa shape index (κ2) is 34.9. The van der Waals surface area contributed by atoms with Crippen molar-refractivity contribution in [1.29, 1.82) is 0 Å². The standard InChI is InChI=1S/C16H22O2.3C9H15N3O.2C7H13N3O/c1-12(2)9-16(18)11-15(10-13(3)17)14-7-5-4-6-8-14;1-6(2)10-5-8-11-12-9(13-8)7-3-4-7;2*1-6(2)10-5-8-11-9(12-13-8)7-3-4-7;1-5(2)8-4-7-9-6(3)11-10-7;1-5(2)8-4-7-9-6(3)10-11-7/h4-8,12,15H,9-11H2,1-3H3;3*6-7,10H,3-5H2,1-2H3;2*5,8H,4H2,1-3H3. The lowest BCUT2D eigenvalue weighted by molar-refractivity contribution is -0.120. The fraction of sp³-hybridized carbons (Fsp3) is 0.684. The van der Waals surface area contributed by atoms with E-state index in [1.54, 1.807) is 13.8 Å². The average molecular weight is 1100 g/mol. The summed E-state index contributed by atoms with van der Waals surface area (Å²) in [5.74, 6) is 9.91. The molecule has 79 heavy (non-hydrogen) atoms. The maximum Gasteiger partial charge on any atom is 0.240 e. The Labute approximate surface area is 468 Å². The predicted octanol–water partition coefficient (Wildman–Crippen LogP) is 9.84. The van der Waals surface area contributed by atoms with Gasteiger partial charge in [0.1, 0.15) is 11.6 Å². The highest BCUT2D eigenvalue weighted by Crippen LogP contribution is 2.39. The third-order valence-electron chi connectivity index (χ3n) is 11.6. The summed E-state index contributed by atoms with van der Waals surface area (Å²) in [6, 6.07) is 12.1. The summed E-state index contributed by atoms with van der Waals surface area (Å²) in [6.45, 7) is 33.5. The number of aromatic nitrogens is 10. The minimum absolute atomic E-state index is 0.0370. The molecule has 1 unspecified atom stereocenters. The monoisotopic (exact) mass is 1100 g/mol. The summed E-state index contributed by atoms with van der Waals surface area (Å²) < 4.78 is 25.3. The van der Waals surface area contributed by atoms with Crippen molar-refractivity contribution in [2.45, 2.75) is 248 Å². The van der Waals surface area contributed by atoms with Crippen LogP contribution in [-0.2, 0) is 42.3 Å². The first kappa shape index (κ1) is 65.6. The number of rotatable bonds is 25. The van der Waals surface area contributed by atoms with Crippen LogP contribution in [0.15, 0.2) is 52.8 Å². The van der Waals surface area contributed by atoms with Gasteiger partial charge in [0.05, 0.1) is 32.7 Å². The third kappa shape index (κ3) is 29.7. The predicted molar refractivity (Wildman–Crippen MR) is 300 cm³/mol. The first-order valence-corrected chi connectivity index (χ1v) is 28.4. The molecule has 9 rings (SSSR count). The second-order valence-electron chi connectivity index (χ2n) is 22.4. The Balaban J connectivity index is 0.000000206. The maximum absolute atomic E-state index is 11.9. The van der Waals surface area contributed by atoms with Crippen molar-refractivity contribution in [2.75, 3.05) is 0 Å². The van der Waals surface area contributed by atoms with Gasteiger partial charge >= 0.3 is 0 Å². The number of carbonyl (C=O) groups excluding carboxylic acids is 2. The molecule has 0 saturated heterocycles. The van der Waals surface area contributed by atoms with Crippen LogP contribution in [0, 0.1) is 19.8 Å². The van der Waals surface area contributed by atoms with E-state index < -0.39 is 0 Å². The van der Waals surface area contributed by atoms with E-state index in [0.717, 1.165) is 28.9 Å². The number of carbonyl (C=O) groups is 2. The first-order valence-electron chi connectivity index (χ1n) is 28.4. The normalized spacial score (nSPS) is 14.2. The molecule has 3 aliphatic carbocycles. The SMILES string of the molecule is CC(=O)CC(CC(=O)CC(C)C)c1ccccc1.CC(C)NCc1nc(C2CC2)no1.CC(C)NCc1nc(C2CC2)no1.CC(C)NCc1nnc(C2CC2)o1.Cc1nc(CNC(C)C)no1.Cc1noc(CNC(C)C)n1. The number of hydrogen-bond donors (Lipinski definition) is 5. The Morgan fingerprint density at radius 3 is 1.37 bits per heavy atom. The lowest BCUT2D eigenvalue weighted by Gasteiger charge is -2.16. The molecule has 438 valence electrons. The molecule has 0 aliphatic heterocycles. The molecule has 0 spiro atoms. The molecule has 22 heteroatoms. The zero-order chi connectivity index (χ0) is 57.9. The molecule has 3 aliphatic rings. The summed E-state index contributed by atoms with van der Waals surface area (Å²) in [7, 11) is 0. The highest BCUT2D eigenvalue weighted by Gasteiger charge is 2.30. The fourth-order valence-corrected chi connectivity index (χ4v) is 7.01. The minimum Gasteiger partial charge on any atom is -0.424 e. The van der Waals surface area contributed by atoms with Crippen molar-refractivity contribution in [3.8, 4) is 0 Å². The second-order valence-corrected chi connectivity index (χ2v) is 22.4. The number of ketones is 2. The minimum atomic E-state index is 0.0370. The Hall–Kier alpha value is -5.94. The molecule has 22 nitrogen and oxygen atoms in total. The van der Waals surface area contributed by atoms with Gasteiger partial charge in [0.2, 0.25) is 35.3 Å². The third-order valence-corrected chi connectivity index (χ3v) is 11.6. The van der Waals surface area contributed by atoms with Crippen molar-refractivity contribution < 1.29 is 32.1 Å². The van der Waals surface area contributed by atoms with E-state index in [1.165, 1.54) is 38.5 Å². The lowest BCUT2D eigenvalue weighted by atomic mass is 9.87. The summed E-state index contributed by atoms with van der Waals surface area (Å²) in [5.41, 5.74) is 1.09. The molecule has 1 aromatic carbocycles. The van der Waals surface area contributed by atoms with Crippen LogP contribution in [0.2, 0.25) is 0 Å². The number of aryl methyl sites for hydroxylation is 2. The van der Waals surface area contributed by atoms with Gasteiger partial charge in [0, 0.05) is 74.1 Å². The molecule has 5 N–H and O–H groups in total. The highest BCUT2D eigenvalue weighted by atomic mass is 16.5. The van der Waals surface area contributed by atoms with Crippen molar-refractivity contribution in [3.63, 3.8) is 0 Å². The van der Waals surface area contributed by atoms with Gasteiger partial charge < -0.3 is 53.9 Å². The van der Waals surface area contributed by atoms with E-state index in [4.69, 9.17) is 22.5 Å². The number of nitrogens with one attached hydrogen (secondary N) is 5. The first-order chi connectivity index (χ1) is 37.6. The van der Waals surface area contributed by atoms with E-state index in [9.17, 15) is 9.59 Å². The van der Waals surface area contributed by atoms with Crippen LogP contribution in [0.1, 0.15) is 236 Å². The molecule has 5 heterocycles. The van der Waals surface area contributed by atoms with E-state index in [0.29, 0.717) is 141 Å². The van der Waals surface area contributed by atoms with Crippen LogP contribution in [-0.4, -0.2) is 92.5 Å². The smallest absolute Gasteiger partial charge is 0.240 e. The number of hydrogen-bond acceptors (Lipinski definition) is 22. The van der Waals surface area contributed by atoms with Gasteiger partial charge in [-0.05, 0) is 69.8 Å². The van der Waals surface area contributed by atoms with Gasteiger partial charge in [0.15, 0.2) is 23.3 Å². The molecule has 0 radical (unpaired) electrons. The fourth-order valence-electron chi connectivity index (χ4n) is 7.01. The van der Waals surface area contributed by atoms with Crippen LogP contribution in [0.4, 0.5) is 0 Å². The van der Waals surface area contributed by atoms with Crippen molar-refractivity contribution >= 4 is 11.6 Å². The van der Waals surface area contributed by atoms with Gasteiger partial charge in [-0.15, -0.1) is 10.2 Å². The van der Waals surface area contributed by atoms with Crippen molar-refractivity contribution in [3.05, 3.63) is 94.5 Å². The van der Waals surface area contributed by atoms with E-state index in [1.807, 2.05) is 51.1 Å². The van der Waals surface area contributed by atoms with E-state index >= 15 is 0 Å². The zero-order valence-electron chi connectivity index (χ0n) is 49.9. The quantitative estimate of drug-likeness (QED) is 0.0356. The number of nitrogens with zero attached hydrogens (tertiary/aromatic N) is 10. The largest absolute Gasteiger partial charge is 0.424 e. The van der Waals surface area contributed by atoms with Gasteiger partial charge in [-0.25, -0.2) is 0 Å². The van der Waals surface area contributed by atoms with E-state index in [-0.39, 0.29) is 17.5 Å². The molecule has 3 saturated carbocycles. The molecule has 3 fully saturated rings. The topological polar surface area (TPSA) is 289 Å². The Morgan fingerprint density at radius 1 is 0.506 bits per heavy atom. The van der Waals surface area contributed by atoms with Crippen molar-refractivity contribution in [1.82, 2.24) is 77.3 Å². The van der Waals surface area contributed by atoms with Gasteiger partial charge in [-0.1, -0.05) is 134 Å². The van der Waals surface area contributed by atoms with Crippen LogP contribution in [0.25, 0.3) is 0 Å². The lowest BCUT2D eigenvalue weighted by Crippen LogP contribution is -2.22.